The fourth-order valence-corrected chi connectivity index (χ4v) is 2.76. The number of carbonyl (C=O) groups excluding carboxylic acids is 1. The molecule has 0 bridgehead atoms. The van der Waals surface area contributed by atoms with Gasteiger partial charge < -0.3 is 4.74 Å². The third-order valence-electron chi connectivity index (χ3n) is 3.30. The Bertz CT molecular complexity index is 671. The van der Waals surface area contributed by atoms with E-state index in [0.29, 0.717) is 0 Å². The normalized spacial score (nSPS) is 13.5. The maximum atomic E-state index is 12.5. The molecule has 0 amide bonds. The largest absolute Gasteiger partial charge is 0.523 e. The van der Waals surface area contributed by atoms with Gasteiger partial charge >= 0.3 is 21.6 Å². The van der Waals surface area contributed by atoms with Crippen molar-refractivity contribution in [2.24, 2.45) is 0 Å². The molecule has 25 heavy (non-hydrogen) atoms. The van der Waals surface area contributed by atoms with Gasteiger partial charge in [0.1, 0.15) is 0 Å². The van der Waals surface area contributed by atoms with Gasteiger partial charge in [0.25, 0.3) is 0 Å². The maximum absolute atomic E-state index is 12.5. The molecule has 0 fully saturated rings. The quantitative estimate of drug-likeness (QED) is 0.372. The highest BCUT2D eigenvalue weighted by atomic mass is 32.2. The van der Waals surface area contributed by atoms with Gasteiger partial charge in [0.15, 0.2) is 6.10 Å². The zero-order valence-corrected chi connectivity index (χ0v) is 14.8. The van der Waals surface area contributed by atoms with Crippen LogP contribution in [0.25, 0.3) is 0 Å². The molecular formula is C16H21F3O5S. The zero-order valence-electron chi connectivity index (χ0n) is 14.0. The number of alkyl halides is 3. The number of benzene rings is 1. The lowest BCUT2D eigenvalue weighted by atomic mass is 10.0. The van der Waals surface area contributed by atoms with Gasteiger partial charge in [-0.2, -0.15) is 21.6 Å². The first-order valence-corrected chi connectivity index (χ1v) is 9.25. The highest BCUT2D eigenvalue weighted by molar-refractivity contribution is 7.87. The molecule has 142 valence electrons. The minimum Gasteiger partial charge on any atom is -0.464 e. The van der Waals surface area contributed by atoms with Crippen molar-refractivity contribution in [3.8, 4) is 0 Å². The number of halogens is 3. The van der Waals surface area contributed by atoms with Gasteiger partial charge in [-0.15, -0.1) is 0 Å². The van der Waals surface area contributed by atoms with Crippen molar-refractivity contribution < 1.29 is 35.3 Å². The second kappa shape index (κ2) is 9.19. The highest BCUT2D eigenvalue weighted by Gasteiger charge is 2.49. The van der Waals surface area contributed by atoms with Crippen molar-refractivity contribution >= 4 is 16.1 Å². The fourth-order valence-electron chi connectivity index (χ4n) is 2.18. The van der Waals surface area contributed by atoms with Gasteiger partial charge in [-0.25, -0.2) is 8.98 Å². The first kappa shape index (κ1) is 21.4. The summed E-state index contributed by atoms with van der Waals surface area (Å²) < 4.78 is 68.5. The van der Waals surface area contributed by atoms with E-state index in [9.17, 15) is 26.4 Å². The van der Waals surface area contributed by atoms with Crippen LogP contribution in [0.3, 0.4) is 0 Å². The molecule has 0 unspecified atom stereocenters. The number of aryl methyl sites for hydroxylation is 2. The Morgan fingerprint density at radius 1 is 1.16 bits per heavy atom. The molecule has 0 saturated heterocycles. The van der Waals surface area contributed by atoms with Crippen molar-refractivity contribution in [3.05, 3.63) is 35.4 Å². The van der Waals surface area contributed by atoms with Crippen LogP contribution in [0.2, 0.25) is 0 Å². The van der Waals surface area contributed by atoms with E-state index in [1.165, 1.54) is 6.92 Å². The summed E-state index contributed by atoms with van der Waals surface area (Å²) >= 11 is 0. The third-order valence-corrected chi connectivity index (χ3v) is 4.35. The van der Waals surface area contributed by atoms with Gasteiger partial charge in [-0.05, 0) is 37.3 Å². The SMILES string of the molecule is CCCc1cccc(CC[C@@H](OS(=O)(=O)C(F)(F)F)C(=O)OCC)c1. The summed E-state index contributed by atoms with van der Waals surface area (Å²) in [5, 5.41) is 0. The molecule has 0 radical (unpaired) electrons. The fraction of sp³-hybridized carbons (Fsp3) is 0.562. The van der Waals surface area contributed by atoms with Crippen molar-refractivity contribution in [1.29, 1.82) is 0 Å². The minimum absolute atomic E-state index is 0.100. The smallest absolute Gasteiger partial charge is 0.464 e. The molecule has 0 aromatic heterocycles. The summed E-state index contributed by atoms with van der Waals surface area (Å²) in [7, 11) is -5.88. The Morgan fingerprint density at radius 3 is 2.28 bits per heavy atom. The molecule has 0 N–H and O–H groups in total. The van der Waals surface area contributed by atoms with Crippen LogP contribution in [0, 0.1) is 0 Å². The van der Waals surface area contributed by atoms with Crippen LogP contribution < -0.4 is 0 Å². The van der Waals surface area contributed by atoms with E-state index >= 15 is 0 Å². The molecule has 1 aromatic carbocycles. The minimum atomic E-state index is -5.88. The number of esters is 1. The Balaban J connectivity index is 2.88. The van der Waals surface area contributed by atoms with Crippen LogP contribution in [0.5, 0.6) is 0 Å². The molecule has 1 atom stereocenters. The third kappa shape index (κ3) is 6.66. The molecule has 1 rings (SSSR count). The van der Waals surface area contributed by atoms with E-state index in [1.807, 2.05) is 19.1 Å². The standard InChI is InChI=1S/C16H21F3O5S/c1-3-6-12-7-5-8-13(11-12)9-10-14(15(20)23-4-2)24-25(21,22)16(17,18)19/h5,7-8,11,14H,3-4,6,9-10H2,1-2H3/t14-/m1/s1. The lowest BCUT2D eigenvalue weighted by Gasteiger charge is -2.17. The van der Waals surface area contributed by atoms with Crippen LogP contribution in [0.1, 0.15) is 37.8 Å². The molecule has 1 aromatic rings. The Hall–Kier alpha value is -1.61. The number of hydrogen-bond acceptors (Lipinski definition) is 5. The van der Waals surface area contributed by atoms with E-state index in [1.54, 1.807) is 12.1 Å². The van der Waals surface area contributed by atoms with Gasteiger partial charge in [-0.1, -0.05) is 37.6 Å². The summed E-state index contributed by atoms with van der Waals surface area (Å²) in [6.07, 6.45) is -0.143. The Labute approximate surface area is 145 Å². The number of ether oxygens (including phenoxy) is 1. The number of rotatable bonds is 9. The van der Waals surface area contributed by atoms with E-state index < -0.39 is 27.7 Å². The second-order valence-electron chi connectivity index (χ2n) is 5.35. The van der Waals surface area contributed by atoms with Crippen LogP contribution >= 0.6 is 0 Å². The summed E-state index contributed by atoms with van der Waals surface area (Å²) in [5.74, 6) is -1.14. The molecule has 0 aliphatic rings. The van der Waals surface area contributed by atoms with Crippen LogP contribution in [-0.2, 0) is 36.7 Å². The monoisotopic (exact) mass is 382 g/mol. The van der Waals surface area contributed by atoms with Crippen molar-refractivity contribution in [3.63, 3.8) is 0 Å². The molecule has 0 aliphatic carbocycles. The second-order valence-corrected chi connectivity index (χ2v) is 6.91. The van der Waals surface area contributed by atoms with Gasteiger partial charge in [0.2, 0.25) is 0 Å². The summed E-state index contributed by atoms with van der Waals surface area (Å²) in [6, 6.07) is 7.33. The molecule has 9 heteroatoms. The van der Waals surface area contributed by atoms with Crippen LogP contribution in [0.15, 0.2) is 24.3 Å². The van der Waals surface area contributed by atoms with E-state index in [-0.39, 0.29) is 19.4 Å². The average Bonchev–Trinajstić information content (AvgIpc) is 2.51. The van der Waals surface area contributed by atoms with Crippen molar-refractivity contribution in [2.45, 2.75) is 51.1 Å². The van der Waals surface area contributed by atoms with E-state index in [2.05, 4.69) is 8.92 Å². The molecule has 0 heterocycles. The van der Waals surface area contributed by atoms with Crippen molar-refractivity contribution in [2.75, 3.05) is 6.61 Å². The summed E-state index contributed by atoms with van der Waals surface area (Å²) in [5.41, 5.74) is -3.77. The molecule has 0 aliphatic heterocycles. The highest BCUT2D eigenvalue weighted by Crippen LogP contribution is 2.27. The topological polar surface area (TPSA) is 69.7 Å². The predicted octanol–water partition coefficient (Wildman–Crippen LogP) is 3.37. The Morgan fingerprint density at radius 2 is 1.76 bits per heavy atom. The molecule has 5 nitrogen and oxygen atoms in total. The lowest BCUT2D eigenvalue weighted by Crippen LogP contribution is -2.35. The Kier molecular flexibility index (Phi) is 7.88. The van der Waals surface area contributed by atoms with E-state index in [4.69, 9.17) is 0 Å². The summed E-state index contributed by atoms with van der Waals surface area (Å²) in [6.45, 7) is 3.37. The van der Waals surface area contributed by atoms with Crippen molar-refractivity contribution in [1.82, 2.24) is 0 Å². The summed E-state index contributed by atoms with van der Waals surface area (Å²) in [4.78, 5) is 11.8. The molecule has 0 saturated carbocycles. The first-order valence-electron chi connectivity index (χ1n) is 7.84. The maximum Gasteiger partial charge on any atom is 0.523 e. The van der Waals surface area contributed by atoms with Crippen LogP contribution in [-0.4, -0.2) is 32.6 Å². The van der Waals surface area contributed by atoms with Crippen LogP contribution in [0.4, 0.5) is 13.2 Å². The first-order chi connectivity index (χ1) is 11.6. The molecular weight excluding hydrogens is 361 g/mol. The van der Waals surface area contributed by atoms with E-state index in [0.717, 1.165) is 24.0 Å². The predicted molar refractivity (Wildman–Crippen MR) is 85.2 cm³/mol. The van der Waals surface area contributed by atoms with Gasteiger partial charge in [-0.3, -0.25) is 0 Å². The zero-order chi connectivity index (χ0) is 19.1. The lowest BCUT2D eigenvalue weighted by molar-refractivity contribution is -0.152. The van der Waals surface area contributed by atoms with Gasteiger partial charge in [0.05, 0.1) is 6.61 Å². The number of hydrogen-bond donors (Lipinski definition) is 0. The number of carbonyl (C=O) groups is 1. The van der Waals surface area contributed by atoms with Gasteiger partial charge in [0, 0.05) is 0 Å². The average molecular weight is 382 g/mol. The molecule has 0 spiro atoms.